The third-order valence-electron chi connectivity index (χ3n) is 8.09. The van der Waals surface area contributed by atoms with Crippen LogP contribution < -0.4 is 5.73 Å². The van der Waals surface area contributed by atoms with Gasteiger partial charge in [0.2, 0.25) is 0 Å². The summed E-state index contributed by atoms with van der Waals surface area (Å²) in [5.41, 5.74) is 9.33. The molecule has 3 fully saturated rings. The first kappa shape index (κ1) is 13.4. The molecule has 0 amide bonds. The molecule has 0 aromatic heterocycles. The monoisotopic (exact) mass is 273 g/mol. The van der Waals surface area contributed by atoms with Crippen LogP contribution in [0.25, 0.3) is 0 Å². The zero-order chi connectivity index (χ0) is 14.0. The van der Waals surface area contributed by atoms with E-state index in [1.807, 2.05) is 5.57 Å². The SMILES string of the molecule is C[C@]12CCCCC1=CC[C@@H]1[C@@H]2CC[C@]2(C)C(N)CC[C@@H]12. The summed E-state index contributed by atoms with van der Waals surface area (Å²) in [7, 11) is 0. The van der Waals surface area contributed by atoms with Gasteiger partial charge in [-0.3, -0.25) is 0 Å². The summed E-state index contributed by atoms with van der Waals surface area (Å²) < 4.78 is 0. The van der Waals surface area contributed by atoms with Crippen LogP contribution >= 0.6 is 0 Å². The fourth-order valence-corrected chi connectivity index (χ4v) is 6.74. The molecule has 0 spiro atoms. The van der Waals surface area contributed by atoms with Crippen molar-refractivity contribution in [2.45, 2.75) is 77.7 Å². The molecular weight excluding hydrogens is 242 g/mol. The van der Waals surface area contributed by atoms with Crippen molar-refractivity contribution in [1.82, 2.24) is 0 Å². The van der Waals surface area contributed by atoms with Crippen LogP contribution in [0, 0.1) is 28.6 Å². The molecule has 0 aromatic rings. The Morgan fingerprint density at radius 1 is 1.05 bits per heavy atom. The number of hydrogen-bond donors (Lipinski definition) is 1. The number of hydrogen-bond acceptors (Lipinski definition) is 1. The minimum absolute atomic E-state index is 0.456. The summed E-state index contributed by atoms with van der Waals surface area (Å²) in [6.45, 7) is 5.11. The van der Waals surface area contributed by atoms with Gasteiger partial charge < -0.3 is 5.73 Å². The highest BCUT2D eigenvalue weighted by Gasteiger charge is 2.57. The summed E-state index contributed by atoms with van der Waals surface area (Å²) in [6, 6.07) is 0.470. The highest BCUT2D eigenvalue weighted by Crippen LogP contribution is 2.64. The van der Waals surface area contributed by atoms with E-state index in [0.717, 1.165) is 17.8 Å². The molecule has 1 unspecified atom stereocenters. The van der Waals surface area contributed by atoms with Gasteiger partial charge >= 0.3 is 0 Å². The van der Waals surface area contributed by atoms with Crippen molar-refractivity contribution in [2.24, 2.45) is 34.3 Å². The van der Waals surface area contributed by atoms with Crippen molar-refractivity contribution in [2.75, 3.05) is 0 Å². The van der Waals surface area contributed by atoms with Crippen LogP contribution in [0.3, 0.4) is 0 Å². The van der Waals surface area contributed by atoms with Gasteiger partial charge in [0.15, 0.2) is 0 Å². The van der Waals surface area contributed by atoms with Crippen LogP contribution in [0.4, 0.5) is 0 Å². The van der Waals surface area contributed by atoms with Crippen LogP contribution in [-0.2, 0) is 0 Å². The lowest BCUT2D eigenvalue weighted by Gasteiger charge is -2.57. The molecule has 0 aliphatic heterocycles. The number of rotatable bonds is 0. The van der Waals surface area contributed by atoms with E-state index in [0.29, 0.717) is 16.9 Å². The summed E-state index contributed by atoms with van der Waals surface area (Å²) in [6.07, 6.45) is 15.3. The zero-order valence-corrected chi connectivity index (χ0v) is 13.3. The average Bonchev–Trinajstić information content (AvgIpc) is 2.74. The Labute approximate surface area is 124 Å². The van der Waals surface area contributed by atoms with Crippen LogP contribution in [0.15, 0.2) is 11.6 Å². The van der Waals surface area contributed by atoms with E-state index >= 15 is 0 Å². The van der Waals surface area contributed by atoms with Crippen molar-refractivity contribution in [3.05, 3.63) is 11.6 Å². The molecule has 3 saturated carbocycles. The number of fused-ring (bicyclic) bond motifs is 5. The lowest BCUT2D eigenvalue weighted by atomic mass is 9.48. The molecule has 2 N–H and O–H groups in total. The second kappa shape index (κ2) is 4.35. The molecule has 0 heterocycles. The van der Waals surface area contributed by atoms with E-state index in [9.17, 15) is 0 Å². The standard InChI is InChI=1S/C19H31N/c1-18-11-4-3-5-13(18)6-7-14-15-8-9-17(20)19(15,2)12-10-16(14)18/h6,14-17H,3-5,7-12,20H2,1-2H3/t14-,15-,16-,17?,18-,19-/m0/s1. The molecule has 0 saturated heterocycles. The lowest BCUT2D eigenvalue weighted by Crippen LogP contribution is -2.51. The highest BCUT2D eigenvalue weighted by atomic mass is 14.8. The summed E-state index contributed by atoms with van der Waals surface area (Å²) in [5, 5.41) is 0. The summed E-state index contributed by atoms with van der Waals surface area (Å²) >= 11 is 0. The minimum Gasteiger partial charge on any atom is -0.327 e. The fraction of sp³-hybridized carbons (Fsp3) is 0.895. The van der Waals surface area contributed by atoms with Crippen LogP contribution in [-0.4, -0.2) is 6.04 Å². The van der Waals surface area contributed by atoms with Crippen LogP contribution in [0.1, 0.15) is 71.6 Å². The van der Waals surface area contributed by atoms with Crippen LogP contribution in [0.5, 0.6) is 0 Å². The lowest BCUT2D eigenvalue weighted by molar-refractivity contribution is -0.0298. The van der Waals surface area contributed by atoms with Gasteiger partial charge in [0, 0.05) is 6.04 Å². The van der Waals surface area contributed by atoms with Gasteiger partial charge in [0.25, 0.3) is 0 Å². The number of allylic oxidation sites excluding steroid dienone is 2. The Bertz CT molecular complexity index is 439. The van der Waals surface area contributed by atoms with E-state index in [4.69, 9.17) is 5.73 Å². The van der Waals surface area contributed by atoms with Gasteiger partial charge in [-0.15, -0.1) is 0 Å². The quantitative estimate of drug-likeness (QED) is 0.638. The fourth-order valence-electron chi connectivity index (χ4n) is 6.74. The van der Waals surface area contributed by atoms with Gasteiger partial charge in [0.1, 0.15) is 0 Å². The number of nitrogens with two attached hydrogens (primary N) is 1. The smallest absolute Gasteiger partial charge is 0.00957 e. The molecule has 20 heavy (non-hydrogen) atoms. The van der Waals surface area contributed by atoms with Gasteiger partial charge in [0.05, 0.1) is 0 Å². The van der Waals surface area contributed by atoms with Crippen LogP contribution in [0.2, 0.25) is 0 Å². The van der Waals surface area contributed by atoms with Gasteiger partial charge in [-0.05, 0) is 80.0 Å². The van der Waals surface area contributed by atoms with Crippen molar-refractivity contribution < 1.29 is 0 Å². The van der Waals surface area contributed by atoms with E-state index in [2.05, 4.69) is 19.9 Å². The average molecular weight is 273 g/mol. The summed E-state index contributed by atoms with van der Waals surface area (Å²) in [5.74, 6) is 2.81. The Kier molecular flexibility index (Phi) is 2.91. The molecule has 4 rings (SSSR count). The first-order valence-corrected chi connectivity index (χ1v) is 9.01. The molecule has 6 atom stereocenters. The molecule has 0 bridgehead atoms. The Morgan fingerprint density at radius 3 is 2.75 bits per heavy atom. The molecule has 1 heteroatoms. The maximum atomic E-state index is 6.49. The van der Waals surface area contributed by atoms with Gasteiger partial charge in [-0.25, -0.2) is 0 Å². The Balaban J connectivity index is 1.69. The predicted octanol–water partition coefficient (Wildman–Crippen LogP) is 4.67. The van der Waals surface area contributed by atoms with Crippen molar-refractivity contribution in [3.63, 3.8) is 0 Å². The van der Waals surface area contributed by atoms with E-state index in [1.54, 1.807) is 0 Å². The maximum absolute atomic E-state index is 6.49. The van der Waals surface area contributed by atoms with Gasteiger partial charge in [-0.1, -0.05) is 31.9 Å². The van der Waals surface area contributed by atoms with E-state index in [-0.39, 0.29) is 0 Å². The topological polar surface area (TPSA) is 26.0 Å². The van der Waals surface area contributed by atoms with Crippen molar-refractivity contribution >= 4 is 0 Å². The third-order valence-corrected chi connectivity index (χ3v) is 8.09. The molecule has 1 nitrogen and oxygen atoms in total. The van der Waals surface area contributed by atoms with Crippen molar-refractivity contribution in [1.29, 1.82) is 0 Å². The maximum Gasteiger partial charge on any atom is 0.00957 e. The second-order valence-electron chi connectivity index (χ2n) is 8.69. The minimum atomic E-state index is 0.456. The first-order chi connectivity index (χ1) is 9.56. The predicted molar refractivity (Wildman–Crippen MR) is 84.3 cm³/mol. The summed E-state index contributed by atoms with van der Waals surface area (Å²) in [4.78, 5) is 0. The van der Waals surface area contributed by atoms with Crippen molar-refractivity contribution in [3.8, 4) is 0 Å². The van der Waals surface area contributed by atoms with Gasteiger partial charge in [-0.2, -0.15) is 0 Å². The molecular formula is C19H31N. The molecule has 0 aromatic carbocycles. The third kappa shape index (κ3) is 1.59. The van der Waals surface area contributed by atoms with E-state index < -0.39 is 0 Å². The second-order valence-corrected chi connectivity index (χ2v) is 8.69. The molecule has 112 valence electrons. The highest BCUT2D eigenvalue weighted by molar-refractivity contribution is 5.24. The van der Waals surface area contributed by atoms with E-state index in [1.165, 1.54) is 57.8 Å². The first-order valence-electron chi connectivity index (χ1n) is 9.01. The Morgan fingerprint density at radius 2 is 1.90 bits per heavy atom. The normalized spacial score (nSPS) is 54.6. The molecule has 4 aliphatic rings. The Hall–Kier alpha value is -0.300. The zero-order valence-electron chi connectivity index (χ0n) is 13.3. The molecule has 4 aliphatic carbocycles. The molecule has 0 radical (unpaired) electrons. The largest absolute Gasteiger partial charge is 0.327 e.